The lowest BCUT2D eigenvalue weighted by molar-refractivity contribution is -0.137. The van der Waals surface area contributed by atoms with Crippen molar-refractivity contribution >= 4 is 21.8 Å². The van der Waals surface area contributed by atoms with Gasteiger partial charge in [-0.3, -0.25) is 4.79 Å². The molecule has 2 heterocycles. The Kier molecular flexibility index (Phi) is 2.04. The molecule has 3 nitrogen and oxygen atoms in total. The zero-order valence-corrected chi connectivity index (χ0v) is 8.93. The number of alkyl halides is 3. The van der Waals surface area contributed by atoms with Gasteiger partial charge in [0.25, 0.3) is 5.56 Å². The smallest absolute Gasteiger partial charge is 0.354 e. The molecule has 0 aliphatic rings. The molecule has 3 rings (SSSR count). The number of hydrogen-bond acceptors (Lipinski definition) is 1. The molecule has 2 N–H and O–H groups in total. The van der Waals surface area contributed by atoms with Crippen molar-refractivity contribution in [3.05, 3.63) is 46.4 Å². The van der Waals surface area contributed by atoms with Crippen LogP contribution in [-0.2, 0) is 6.18 Å². The maximum atomic E-state index is 12.6. The molecule has 6 heteroatoms. The van der Waals surface area contributed by atoms with Crippen LogP contribution >= 0.6 is 0 Å². The van der Waals surface area contributed by atoms with E-state index in [2.05, 4.69) is 9.97 Å². The van der Waals surface area contributed by atoms with E-state index in [1.807, 2.05) is 0 Å². The van der Waals surface area contributed by atoms with E-state index in [1.165, 1.54) is 12.3 Å². The van der Waals surface area contributed by atoms with Gasteiger partial charge in [0.1, 0.15) is 0 Å². The van der Waals surface area contributed by atoms with Crippen LogP contribution in [0.2, 0.25) is 0 Å². The normalized spacial score (nSPS) is 12.4. The van der Waals surface area contributed by atoms with Crippen molar-refractivity contribution in [2.75, 3.05) is 0 Å². The summed E-state index contributed by atoms with van der Waals surface area (Å²) in [6, 6.07) is 4.91. The fraction of sp³-hybridized carbons (Fsp3) is 0.0833. The van der Waals surface area contributed by atoms with Crippen LogP contribution in [0.25, 0.3) is 21.8 Å². The first kappa shape index (κ1) is 10.9. The zero-order chi connectivity index (χ0) is 12.9. The standard InChI is InChI=1S/C12H7F3N2O/c13-12(14,15)6-1-2-7-9(5-6)17-8-3-4-16-11(18)10(7)8/h1-5,17H,(H,16,18). The predicted octanol–water partition coefficient (Wildman–Crippen LogP) is 3.03. The number of pyridine rings is 1. The van der Waals surface area contributed by atoms with E-state index in [-0.39, 0.29) is 5.56 Å². The van der Waals surface area contributed by atoms with Crippen LogP contribution in [0.5, 0.6) is 0 Å². The number of nitrogens with one attached hydrogen (secondary N) is 2. The zero-order valence-electron chi connectivity index (χ0n) is 8.93. The SMILES string of the molecule is O=c1[nH]ccc2[nH]c3cc(C(F)(F)F)ccc3c12. The first-order chi connectivity index (χ1) is 8.47. The Labute approximate surface area is 98.2 Å². The van der Waals surface area contributed by atoms with Crippen molar-refractivity contribution in [2.45, 2.75) is 6.18 Å². The summed E-state index contributed by atoms with van der Waals surface area (Å²) in [5, 5.41) is 0.862. The van der Waals surface area contributed by atoms with Gasteiger partial charge >= 0.3 is 6.18 Å². The molecule has 0 bridgehead atoms. The maximum Gasteiger partial charge on any atom is 0.416 e. The number of H-pyrrole nitrogens is 2. The summed E-state index contributed by atoms with van der Waals surface area (Å²) in [5.41, 5.74) is -0.235. The number of halogens is 3. The molecule has 0 spiro atoms. The molecule has 0 unspecified atom stereocenters. The molecule has 0 fully saturated rings. The summed E-state index contributed by atoms with van der Waals surface area (Å²) in [7, 11) is 0. The Hall–Kier alpha value is -2.24. The van der Waals surface area contributed by atoms with Gasteiger partial charge in [0.05, 0.1) is 16.5 Å². The minimum Gasteiger partial charge on any atom is -0.354 e. The molecule has 0 aliphatic heterocycles. The second kappa shape index (κ2) is 3.38. The highest BCUT2D eigenvalue weighted by molar-refractivity contribution is 6.06. The number of rotatable bonds is 0. The van der Waals surface area contributed by atoms with E-state index in [4.69, 9.17) is 0 Å². The topological polar surface area (TPSA) is 48.6 Å². The van der Waals surface area contributed by atoms with Gasteiger partial charge in [-0.1, -0.05) is 6.07 Å². The van der Waals surface area contributed by atoms with Gasteiger partial charge in [-0.15, -0.1) is 0 Å². The third kappa shape index (κ3) is 1.49. The molecule has 3 aromatic rings. The van der Waals surface area contributed by atoms with Gasteiger partial charge in [-0.2, -0.15) is 13.2 Å². The van der Waals surface area contributed by atoms with Crippen LogP contribution in [0.4, 0.5) is 13.2 Å². The van der Waals surface area contributed by atoms with Gasteiger partial charge in [0.2, 0.25) is 0 Å². The number of hydrogen-bond donors (Lipinski definition) is 2. The Morgan fingerprint density at radius 3 is 2.56 bits per heavy atom. The molecule has 1 aromatic carbocycles. The van der Waals surface area contributed by atoms with Crippen molar-refractivity contribution in [1.82, 2.24) is 9.97 Å². The number of aromatic amines is 2. The largest absolute Gasteiger partial charge is 0.416 e. The van der Waals surface area contributed by atoms with Gasteiger partial charge in [0, 0.05) is 17.1 Å². The Morgan fingerprint density at radius 2 is 1.83 bits per heavy atom. The summed E-state index contributed by atoms with van der Waals surface area (Å²) in [4.78, 5) is 16.9. The molecular weight excluding hydrogens is 245 g/mol. The molecule has 2 aromatic heterocycles. The highest BCUT2D eigenvalue weighted by Gasteiger charge is 2.30. The van der Waals surface area contributed by atoms with Gasteiger partial charge in [-0.25, -0.2) is 0 Å². The number of fused-ring (bicyclic) bond motifs is 3. The minimum absolute atomic E-state index is 0.302. The number of benzene rings is 1. The summed E-state index contributed by atoms with van der Waals surface area (Å²) in [5.74, 6) is 0. The van der Waals surface area contributed by atoms with E-state index in [9.17, 15) is 18.0 Å². The fourth-order valence-electron chi connectivity index (χ4n) is 2.04. The second-order valence-electron chi connectivity index (χ2n) is 3.98. The summed E-state index contributed by atoms with van der Waals surface area (Å²) in [6.45, 7) is 0. The predicted molar refractivity (Wildman–Crippen MR) is 61.4 cm³/mol. The van der Waals surface area contributed by atoms with E-state index in [0.717, 1.165) is 12.1 Å². The molecule has 18 heavy (non-hydrogen) atoms. The quantitative estimate of drug-likeness (QED) is 0.634. The average Bonchev–Trinajstić information content (AvgIpc) is 2.66. The van der Waals surface area contributed by atoms with E-state index >= 15 is 0 Å². The molecule has 0 saturated heterocycles. The van der Waals surface area contributed by atoms with Gasteiger partial charge in [-0.05, 0) is 18.2 Å². The van der Waals surface area contributed by atoms with E-state index in [0.29, 0.717) is 21.8 Å². The van der Waals surface area contributed by atoms with Crippen LogP contribution in [0.3, 0.4) is 0 Å². The molecule has 0 aliphatic carbocycles. The highest BCUT2D eigenvalue weighted by Crippen LogP contribution is 2.32. The van der Waals surface area contributed by atoms with Crippen molar-refractivity contribution in [3.63, 3.8) is 0 Å². The Balaban J connectivity index is 2.41. The monoisotopic (exact) mass is 252 g/mol. The van der Waals surface area contributed by atoms with Crippen molar-refractivity contribution in [2.24, 2.45) is 0 Å². The molecular formula is C12H7F3N2O. The van der Waals surface area contributed by atoms with E-state index < -0.39 is 11.7 Å². The second-order valence-corrected chi connectivity index (χ2v) is 3.98. The average molecular weight is 252 g/mol. The third-order valence-corrected chi connectivity index (χ3v) is 2.85. The molecule has 0 saturated carbocycles. The lowest BCUT2D eigenvalue weighted by Gasteiger charge is -2.05. The van der Waals surface area contributed by atoms with Crippen molar-refractivity contribution in [3.8, 4) is 0 Å². The first-order valence-corrected chi connectivity index (χ1v) is 5.17. The fourth-order valence-corrected chi connectivity index (χ4v) is 2.04. The van der Waals surface area contributed by atoms with Crippen molar-refractivity contribution < 1.29 is 13.2 Å². The molecule has 0 amide bonds. The van der Waals surface area contributed by atoms with Gasteiger partial charge in [0.15, 0.2) is 0 Å². The van der Waals surface area contributed by atoms with Crippen molar-refractivity contribution in [1.29, 1.82) is 0 Å². The van der Waals surface area contributed by atoms with Crippen LogP contribution in [-0.4, -0.2) is 9.97 Å². The highest BCUT2D eigenvalue weighted by atomic mass is 19.4. The Bertz CT molecular complexity index is 798. The molecule has 0 atom stereocenters. The maximum absolute atomic E-state index is 12.6. The van der Waals surface area contributed by atoms with Crippen LogP contribution in [0.1, 0.15) is 5.56 Å². The van der Waals surface area contributed by atoms with Crippen LogP contribution in [0.15, 0.2) is 35.3 Å². The molecule has 92 valence electrons. The third-order valence-electron chi connectivity index (χ3n) is 2.85. The lowest BCUT2D eigenvalue weighted by Crippen LogP contribution is -2.04. The first-order valence-electron chi connectivity index (χ1n) is 5.17. The summed E-state index contributed by atoms with van der Waals surface area (Å²) in [6.07, 6.45) is -2.94. The summed E-state index contributed by atoms with van der Waals surface area (Å²) < 4.78 is 37.7. The van der Waals surface area contributed by atoms with E-state index in [1.54, 1.807) is 6.07 Å². The lowest BCUT2D eigenvalue weighted by atomic mass is 10.1. The summed E-state index contributed by atoms with van der Waals surface area (Å²) >= 11 is 0. The van der Waals surface area contributed by atoms with Crippen LogP contribution < -0.4 is 5.56 Å². The van der Waals surface area contributed by atoms with Gasteiger partial charge < -0.3 is 9.97 Å². The Morgan fingerprint density at radius 1 is 1.06 bits per heavy atom. The molecule has 0 radical (unpaired) electrons. The van der Waals surface area contributed by atoms with Crippen LogP contribution in [0, 0.1) is 0 Å². The number of aromatic nitrogens is 2. The minimum atomic E-state index is -4.39.